The van der Waals surface area contributed by atoms with E-state index in [9.17, 15) is 0 Å². The fourth-order valence-corrected chi connectivity index (χ4v) is 2.38. The van der Waals surface area contributed by atoms with Gasteiger partial charge in [0.25, 0.3) is 0 Å². The Morgan fingerprint density at radius 2 is 1.96 bits per heavy atom. The number of nitrogens with one attached hydrogen (secondary N) is 2. The van der Waals surface area contributed by atoms with Crippen LogP contribution in [0.4, 0.5) is 11.4 Å². The Balaban J connectivity index is 1.85. The zero-order chi connectivity index (χ0) is 19.1. The first-order valence-corrected chi connectivity index (χ1v) is 7.95. The van der Waals surface area contributed by atoms with Crippen LogP contribution in [-0.2, 0) is 0 Å². The summed E-state index contributed by atoms with van der Waals surface area (Å²) in [7, 11) is 3.16. The lowest BCUT2D eigenvalue weighted by atomic mass is 10.1. The van der Waals surface area contributed by atoms with Crippen molar-refractivity contribution in [1.29, 1.82) is 5.26 Å². The second-order valence-electron chi connectivity index (χ2n) is 5.30. The molecular weight excluding hydrogens is 346 g/mol. The van der Waals surface area contributed by atoms with Crippen molar-refractivity contribution in [2.45, 2.75) is 0 Å². The molecule has 136 valence electrons. The minimum Gasteiger partial charge on any atom is -0.497 e. The van der Waals surface area contributed by atoms with Crippen molar-refractivity contribution in [3.8, 4) is 29.0 Å². The lowest BCUT2D eigenvalue weighted by Gasteiger charge is -2.12. The Labute approximate surface area is 156 Å². The number of aromatic nitrogens is 1. The highest BCUT2D eigenvalue weighted by atomic mass is 16.5. The number of hydrogen-bond donors (Lipinski definition) is 2. The normalized spacial score (nSPS) is 10.8. The van der Waals surface area contributed by atoms with Gasteiger partial charge in [-0.25, -0.2) is 9.98 Å². The molecule has 1 aromatic heterocycles. The van der Waals surface area contributed by atoms with Gasteiger partial charge in [-0.05, 0) is 36.4 Å². The second kappa shape index (κ2) is 8.40. The SMILES string of the molecule is COc1ccc(N=C(NC#N)Nc2ccc(-c3cnco3)c(OC)c2)cc1. The molecule has 0 aliphatic heterocycles. The van der Waals surface area contributed by atoms with Crippen LogP contribution in [0.2, 0.25) is 0 Å². The number of anilines is 1. The summed E-state index contributed by atoms with van der Waals surface area (Å²) in [6.07, 6.45) is 4.84. The third-order valence-corrected chi connectivity index (χ3v) is 3.65. The molecule has 3 aromatic rings. The van der Waals surface area contributed by atoms with Crippen LogP contribution in [0.15, 0.2) is 64.5 Å². The van der Waals surface area contributed by atoms with E-state index in [1.165, 1.54) is 6.39 Å². The number of methoxy groups -OCH3 is 2. The van der Waals surface area contributed by atoms with Crippen LogP contribution in [0.3, 0.4) is 0 Å². The van der Waals surface area contributed by atoms with Gasteiger partial charge in [0, 0.05) is 11.8 Å². The molecule has 2 N–H and O–H groups in total. The third-order valence-electron chi connectivity index (χ3n) is 3.65. The molecule has 2 aromatic carbocycles. The minimum atomic E-state index is 0.275. The van der Waals surface area contributed by atoms with E-state index in [1.54, 1.807) is 50.7 Å². The Hall–Kier alpha value is -3.99. The summed E-state index contributed by atoms with van der Waals surface area (Å²) in [4.78, 5) is 8.31. The number of oxazole rings is 1. The van der Waals surface area contributed by atoms with Crippen molar-refractivity contribution in [3.05, 3.63) is 55.1 Å². The lowest BCUT2D eigenvalue weighted by Crippen LogP contribution is -2.26. The maximum absolute atomic E-state index is 9.00. The maximum atomic E-state index is 9.00. The molecule has 8 heteroatoms. The van der Waals surface area contributed by atoms with E-state index >= 15 is 0 Å². The lowest BCUT2D eigenvalue weighted by molar-refractivity contribution is 0.414. The minimum absolute atomic E-state index is 0.275. The molecule has 0 atom stereocenters. The molecule has 27 heavy (non-hydrogen) atoms. The van der Waals surface area contributed by atoms with Gasteiger partial charge in [0.2, 0.25) is 5.96 Å². The highest BCUT2D eigenvalue weighted by Crippen LogP contribution is 2.32. The van der Waals surface area contributed by atoms with Crippen LogP contribution >= 0.6 is 0 Å². The molecule has 0 amide bonds. The molecule has 3 rings (SSSR count). The Kier molecular flexibility index (Phi) is 5.54. The van der Waals surface area contributed by atoms with Crippen molar-refractivity contribution in [2.24, 2.45) is 4.99 Å². The quantitative estimate of drug-likeness (QED) is 0.309. The van der Waals surface area contributed by atoms with Gasteiger partial charge in [-0.1, -0.05) is 0 Å². The maximum Gasteiger partial charge on any atom is 0.214 e. The number of rotatable bonds is 5. The summed E-state index contributed by atoms with van der Waals surface area (Å²) in [5.41, 5.74) is 2.11. The fourth-order valence-electron chi connectivity index (χ4n) is 2.38. The van der Waals surface area contributed by atoms with Crippen molar-refractivity contribution in [3.63, 3.8) is 0 Å². The van der Waals surface area contributed by atoms with E-state index in [-0.39, 0.29) is 5.96 Å². The Morgan fingerprint density at radius 1 is 1.15 bits per heavy atom. The highest BCUT2D eigenvalue weighted by Gasteiger charge is 2.11. The summed E-state index contributed by atoms with van der Waals surface area (Å²) in [5.74, 6) is 2.19. The predicted octanol–water partition coefficient (Wildman–Crippen LogP) is 3.53. The van der Waals surface area contributed by atoms with Gasteiger partial charge in [0.15, 0.2) is 18.3 Å². The summed E-state index contributed by atoms with van der Waals surface area (Å²) in [6.45, 7) is 0. The van der Waals surface area contributed by atoms with Crippen LogP contribution in [0.5, 0.6) is 11.5 Å². The number of guanidine groups is 1. The average Bonchev–Trinajstić information content (AvgIpc) is 3.23. The number of ether oxygens (including phenoxy) is 2. The first-order valence-electron chi connectivity index (χ1n) is 7.95. The average molecular weight is 363 g/mol. The van der Waals surface area contributed by atoms with Crippen LogP contribution in [0, 0.1) is 11.5 Å². The summed E-state index contributed by atoms with van der Waals surface area (Å²) in [6, 6.07) is 12.6. The summed E-state index contributed by atoms with van der Waals surface area (Å²) >= 11 is 0. The van der Waals surface area contributed by atoms with Gasteiger partial charge in [0.1, 0.15) is 11.5 Å². The molecule has 0 unspecified atom stereocenters. The smallest absolute Gasteiger partial charge is 0.214 e. The predicted molar refractivity (Wildman–Crippen MR) is 101 cm³/mol. The van der Waals surface area contributed by atoms with Crippen LogP contribution < -0.4 is 20.1 Å². The summed E-state index contributed by atoms with van der Waals surface area (Å²) < 4.78 is 15.9. The third kappa shape index (κ3) is 4.35. The van der Waals surface area contributed by atoms with E-state index in [1.807, 2.05) is 18.3 Å². The number of nitrogens with zero attached hydrogens (tertiary/aromatic N) is 3. The van der Waals surface area contributed by atoms with E-state index < -0.39 is 0 Å². The molecule has 0 saturated carbocycles. The first kappa shape index (κ1) is 17.8. The van der Waals surface area contributed by atoms with Crippen molar-refractivity contribution in [2.75, 3.05) is 19.5 Å². The standard InChI is InChI=1S/C19H17N5O3/c1-25-15-6-3-13(4-7-15)23-19(22-11-20)24-14-5-8-16(17(9-14)26-2)18-10-21-12-27-18/h3-10,12H,1-2H3,(H2,22,23,24). The molecule has 0 bridgehead atoms. The van der Waals surface area contributed by atoms with Crippen molar-refractivity contribution in [1.82, 2.24) is 10.3 Å². The van der Waals surface area contributed by atoms with E-state index in [0.29, 0.717) is 22.9 Å². The molecule has 0 aliphatic rings. The monoisotopic (exact) mass is 363 g/mol. The highest BCUT2D eigenvalue weighted by molar-refractivity contribution is 5.96. The first-order chi connectivity index (χ1) is 13.2. The number of benzene rings is 2. The fraction of sp³-hybridized carbons (Fsp3) is 0.105. The van der Waals surface area contributed by atoms with Gasteiger partial charge in [-0.15, -0.1) is 0 Å². The van der Waals surface area contributed by atoms with Crippen LogP contribution in [-0.4, -0.2) is 25.2 Å². The van der Waals surface area contributed by atoms with Crippen LogP contribution in [0.1, 0.15) is 0 Å². The molecule has 8 nitrogen and oxygen atoms in total. The molecule has 0 radical (unpaired) electrons. The molecule has 0 saturated heterocycles. The second-order valence-corrected chi connectivity index (χ2v) is 5.30. The Bertz CT molecular complexity index is 960. The zero-order valence-corrected chi connectivity index (χ0v) is 14.8. The topological polar surface area (TPSA) is 105 Å². The summed E-state index contributed by atoms with van der Waals surface area (Å²) in [5, 5.41) is 14.6. The van der Waals surface area contributed by atoms with E-state index in [4.69, 9.17) is 19.2 Å². The van der Waals surface area contributed by atoms with Gasteiger partial charge in [0.05, 0.1) is 31.7 Å². The molecule has 0 aliphatic carbocycles. The Morgan fingerprint density at radius 3 is 2.59 bits per heavy atom. The number of hydrogen-bond acceptors (Lipinski definition) is 6. The van der Waals surface area contributed by atoms with Gasteiger partial charge in [-0.2, -0.15) is 5.26 Å². The molecular formula is C19H17N5O3. The molecule has 1 heterocycles. The van der Waals surface area contributed by atoms with Gasteiger partial charge in [-0.3, -0.25) is 5.32 Å². The zero-order valence-electron chi connectivity index (χ0n) is 14.8. The molecule has 0 fully saturated rings. The van der Waals surface area contributed by atoms with E-state index in [0.717, 1.165) is 11.3 Å². The van der Waals surface area contributed by atoms with Crippen LogP contribution in [0.25, 0.3) is 11.3 Å². The van der Waals surface area contributed by atoms with Crippen molar-refractivity contribution < 1.29 is 13.9 Å². The van der Waals surface area contributed by atoms with E-state index in [2.05, 4.69) is 20.6 Å². The number of nitriles is 1. The molecule has 0 spiro atoms. The largest absolute Gasteiger partial charge is 0.497 e. The van der Waals surface area contributed by atoms with Gasteiger partial charge >= 0.3 is 0 Å². The van der Waals surface area contributed by atoms with Crippen molar-refractivity contribution >= 4 is 17.3 Å². The number of aliphatic imine (C=N–C) groups is 1. The van der Waals surface area contributed by atoms with Gasteiger partial charge < -0.3 is 19.2 Å².